The topological polar surface area (TPSA) is 56.8 Å². The number of hydrogen-bond donors (Lipinski definition) is 1. The molecule has 0 fully saturated rings. The molecule has 0 heterocycles. The zero-order valence-electron chi connectivity index (χ0n) is 12.3. The molecule has 116 valence electrons. The van der Waals surface area contributed by atoms with E-state index in [1.54, 1.807) is 31.4 Å². The van der Waals surface area contributed by atoms with Gasteiger partial charge in [-0.3, -0.25) is 4.79 Å². The van der Waals surface area contributed by atoms with E-state index in [0.29, 0.717) is 22.9 Å². The van der Waals surface area contributed by atoms with Gasteiger partial charge in [0.1, 0.15) is 0 Å². The highest BCUT2D eigenvalue weighted by Gasteiger charge is 2.12. The highest BCUT2D eigenvalue weighted by molar-refractivity contribution is 9.10. The van der Waals surface area contributed by atoms with Crippen LogP contribution in [0.25, 0.3) is 0 Å². The fourth-order valence-electron chi connectivity index (χ4n) is 1.88. The fourth-order valence-corrected chi connectivity index (χ4v) is 2.28. The summed E-state index contributed by atoms with van der Waals surface area (Å²) in [6.45, 7) is -0.129. The summed E-state index contributed by atoms with van der Waals surface area (Å²) in [7, 11) is 3.06. The van der Waals surface area contributed by atoms with Gasteiger partial charge in [-0.05, 0) is 30.3 Å². The number of halogens is 1. The van der Waals surface area contributed by atoms with Crippen molar-refractivity contribution < 1.29 is 19.0 Å². The molecular formula is C16H16BrNO4. The number of nitrogens with one attached hydrogen (secondary N) is 1. The molecule has 0 aliphatic heterocycles. The first kappa shape index (κ1) is 16.2. The van der Waals surface area contributed by atoms with Gasteiger partial charge in [0.2, 0.25) is 5.75 Å². The number of carbonyl (C=O) groups excluding carboxylic acids is 1. The van der Waals surface area contributed by atoms with Crippen molar-refractivity contribution in [1.82, 2.24) is 0 Å². The third-order valence-corrected chi connectivity index (χ3v) is 3.33. The fraction of sp³-hybridized carbons (Fsp3) is 0.188. The van der Waals surface area contributed by atoms with Gasteiger partial charge in [-0.15, -0.1) is 0 Å². The second kappa shape index (κ2) is 7.70. The first-order chi connectivity index (χ1) is 10.6. The lowest BCUT2D eigenvalue weighted by Crippen LogP contribution is -2.20. The predicted molar refractivity (Wildman–Crippen MR) is 87.8 cm³/mol. The number of rotatable bonds is 6. The van der Waals surface area contributed by atoms with Crippen molar-refractivity contribution >= 4 is 27.5 Å². The average Bonchev–Trinajstić information content (AvgIpc) is 2.52. The molecule has 0 radical (unpaired) electrons. The molecule has 0 aromatic heterocycles. The molecule has 0 bridgehead atoms. The Kier molecular flexibility index (Phi) is 5.66. The van der Waals surface area contributed by atoms with Gasteiger partial charge in [-0.25, -0.2) is 0 Å². The molecule has 0 aliphatic carbocycles. The summed E-state index contributed by atoms with van der Waals surface area (Å²) >= 11 is 3.35. The molecule has 5 nitrogen and oxygen atoms in total. The Bertz CT molecular complexity index is 660. The quantitative estimate of drug-likeness (QED) is 0.851. The van der Waals surface area contributed by atoms with Crippen LogP contribution in [0, 0.1) is 0 Å². The van der Waals surface area contributed by atoms with Gasteiger partial charge in [0.15, 0.2) is 18.1 Å². The maximum atomic E-state index is 11.9. The summed E-state index contributed by atoms with van der Waals surface area (Å²) in [5.74, 6) is 1.20. The van der Waals surface area contributed by atoms with Crippen molar-refractivity contribution in [3.63, 3.8) is 0 Å². The highest BCUT2D eigenvalue weighted by atomic mass is 79.9. The zero-order valence-corrected chi connectivity index (χ0v) is 13.8. The van der Waals surface area contributed by atoms with Crippen molar-refractivity contribution in [1.29, 1.82) is 0 Å². The first-order valence-electron chi connectivity index (χ1n) is 6.53. The second-order valence-corrected chi connectivity index (χ2v) is 5.25. The van der Waals surface area contributed by atoms with Gasteiger partial charge >= 0.3 is 0 Å². The van der Waals surface area contributed by atoms with Crippen LogP contribution < -0.4 is 19.5 Å². The van der Waals surface area contributed by atoms with E-state index in [9.17, 15) is 4.79 Å². The largest absolute Gasteiger partial charge is 0.493 e. The lowest BCUT2D eigenvalue weighted by atomic mass is 10.3. The van der Waals surface area contributed by atoms with E-state index in [4.69, 9.17) is 14.2 Å². The first-order valence-corrected chi connectivity index (χ1v) is 7.32. The molecule has 0 spiro atoms. The van der Waals surface area contributed by atoms with Crippen LogP contribution in [0.4, 0.5) is 5.69 Å². The van der Waals surface area contributed by atoms with Gasteiger partial charge in [-0.2, -0.15) is 0 Å². The van der Waals surface area contributed by atoms with Crippen LogP contribution in [0.1, 0.15) is 0 Å². The molecule has 1 N–H and O–H groups in total. The third kappa shape index (κ3) is 4.14. The number of amides is 1. The molecule has 0 atom stereocenters. The van der Waals surface area contributed by atoms with Crippen molar-refractivity contribution in [3.8, 4) is 17.2 Å². The van der Waals surface area contributed by atoms with Crippen LogP contribution in [0.2, 0.25) is 0 Å². The lowest BCUT2D eigenvalue weighted by molar-refractivity contribution is -0.118. The normalized spacial score (nSPS) is 9.95. The van der Waals surface area contributed by atoms with E-state index in [1.165, 1.54) is 7.11 Å². The monoisotopic (exact) mass is 365 g/mol. The molecule has 0 saturated carbocycles. The summed E-state index contributed by atoms with van der Waals surface area (Å²) in [5, 5.41) is 2.75. The molecule has 0 aliphatic rings. The third-order valence-electron chi connectivity index (χ3n) is 2.83. The molecule has 0 unspecified atom stereocenters. The van der Waals surface area contributed by atoms with Crippen LogP contribution >= 0.6 is 15.9 Å². The maximum absolute atomic E-state index is 11.9. The van der Waals surface area contributed by atoms with Crippen molar-refractivity contribution in [3.05, 3.63) is 46.9 Å². The minimum atomic E-state index is -0.261. The van der Waals surface area contributed by atoms with E-state index in [2.05, 4.69) is 21.2 Å². The minimum absolute atomic E-state index is 0.129. The summed E-state index contributed by atoms with van der Waals surface area (Å²) in [5.41, 5.74) is 0.695. The predicted octanol–water partition coefficient (Wildman–Crippen LogP) is 3.48. The lowest BCUT2D eigenvalue weighted by Gasteiger charge is -2.13. The van der Waals surface area contributed by atoms with Crippen molar-refractivity contribution in [2.24, 2.45) is 0 Å². The van der Waals surface area contributed by atoms with Gasteiger partial charge in [0.05, 0.1) is 14.2 Å². The Balaban J connectivity index is 1.99. The van der Waals surface area contributed by atoms with Crippen molar-refractivity contribution in [2.45, 2.75) is 0 Å². The molecule has 0 saturated heterocycles. The average molecular weight is 366 g/mol. The number of carbonyl (C=O) groups is 1. The number of benzene rings is 2. The highest BCUT2D eigenvalue weighted by Crippen LogP contribution is 2.36. The summed E-state index contributed by atoms with van der Waals surface area (Å²) in [6.07, 6.45) is 0. The Hall–Kier alpha value is -2.21. The van der Waals surface area contributed by atoms with Crippen LogP contribution in [-0.4, -0.2) is 26.7 Å². The Morgan fingerprint density at radius 1 is 1.09 bits per heavy atom. The second-order valence-electron chi connectivity index (χ2n) is 4.34. The molecule has 2 aromatic carbocycles. The molecular weight excluding hydrogens is 350 g/mol. The van der Waals surface area contributed by atoms with E-state index >= 15 is 0 Å². The van der Waals surface area contributed by atoms with E-state index in [0.717, 1.165) is 4.47 Å². The van der Waals surface area contributed by atoms with Crippen LogP contribution in [0.3, 0.4) is 0 Å². The van der Waals surface area contributed by atoms with Gasteiger partial charge in [0, 0.05) is 10.2 Å². The smallest absolute Gasteiger partial charge is 0.262 e. The maximum Gasteiger partial charge on any atom is 0.262 e. The van der Waals surface area contributed by atoms with Gasteiger partial charge < -0.3 is 19.5 Å². The molecule has 6 heteroatoms. The van der Waals surface area contributed by atoms with Gasteiger partial charge in [-0.1, -0.05) is 28.1 Å². The zero-order chi connectivity index (χ0) is 15.9. The molecule has 22 heavy (non-hydrogen) atoms. The SMILES string of the molecule is COc1cccc(OCC(=O)Nc2cccc(Br)c2)c1OC. The number of ether oxygens (including phenoxy) is 3. The van der Waals surface area contributed by atoms with E-state index in [-0.39, 0.29) is 12.5 Å². The number of hydrogen-bond acceptors (Lipinski definition) is 4. The Morgan fingerprint density at radius 2 is 1.82 bits per heavy atom. The summed E-state index contributed by atoms with van der Waals surface area (Å²) in [4.78, 5) is 11.9. The number of para-hydroxylation sites is 1. The molecule has 2 rings (SSSR count). The minimum Gasteiger partial charge on any atom is -0.493 e. The Morgan fingerprint density at radius 3 is 2.50 bits per heavy atom. The molecule has 2 aromatic rings. The van der Waals surface area contributed by atoms with Crippen molar-refractivity contribution in [2.75, 3.05) is 26.1 Å². The number of methoxy groups -OCH3 is 2. The van der Waals surface area contributed by atoms with Crippen LogP contribution in [0.5, 0.6) is 17.2 Å². The van der Waals surface area contributed by atoms with Crippen LogP contribution in [0.15, 0.2) is 46.9 Å². The van der Waals surface area contributed by atoms with E-state index in [1.807, 2.05) is 18.2 Å². The standard InChI is InChI=1S/C16H16BrNO4/c1-20-13-7-4-8-14(16(13)21-2)22-10-15(19)18-12-6-3-5-11(17)9-12/h3-9H,10H2,1-2H3,(H,18,19). The molecule has 1 amide bonds. The summed E-state index contributed by atoms with van der Waals surface area (Å²) in [6, 6.07) is 12.6. The Labute approximate surface area is 137 Å². The van der Waals surface area contributed by atoms with Crippen LogP contribution in [-0.2, 0) is 4.79 Å². The number of anilines is 1. The van der Waals surface area contributed by atoms with E-state index < -0.39 is 0 Å². The van der Waals surface area contributed by atoms with Gasteiger partial charge in [0.25, 0.3) is 5.91 Å². The summed E-state index contributed by atoms with van der Waals surface area (Å²) < 4.78 is 16.8.